The zero-order valence-electron chi connectivity index (χ0n) is 19.0. The summed E-state index contributed by atoms with van der Waals surface area (Å²) in [6.07, 6.45) is 1.56. The number of carbonyl (C=O) groups excluding carboxylic acids is 1. The standard InChI is InChI=1S/C25H22N6O2S/c1-17-9-11-18(12-10-17)20-13-22(19-7-5-4-6-8-19)27-25(21(20)14-26)34-16-23(32)28-24-15-31(29-33-24)30(2)3/h4-13,15H,16H2,1-3H3/p+1. The molecule has 0 saturated carbocycles. The van der Waals surface area contributed by atoms with Gasteiger partial charge in [-0.25, -0.2) is 4.98 Å². The third-order valence-corrected chi connectivity index (χ3v) is 5.97. The molecule has 0 aliphatic heterocycles. The number of aryl methyl sites for hydroxylation is 1. The monoisotopic (exact) mass is 471 g/mol. The van der Waals surface area contributed by atoms with Crippen molar-refractivity contribution in [1.29, 1.82) is 5.26 Å². The number of benzene rings is 2. The van der Waals surface area contributed by atoms with Gasteiger partial charge in [-0.1, -0.05) is 71.9 Å². The molecule has 0 spiro atoms. The number of hydrogen-bond donors (Lipinski definition) is 1. The molecule has 0 radical (unpaired) electrons. The van der Waals surface area contributed by atoms with Crippen molar-refractivity contribution >= 4 is 23.6 Å². The number of nitrogens with zero attached hydrogens (tertiary/aromatic N) is 5. The van der Waals surface area contributed by atoms with Gasteiger partial charge in [-0.05, 0) is 18.6 Å². The normalized spacial score (nSPS) is 10.5. The highest BCUT2D eigenvalue weighted by atomic mass is 32.2. The molecule has 4 aromatic rings. The molecule has 0 bridgehead atoms. The van der Waals surface area contributed by atoms with E-state index < -0.39 is 0 Å². The van der Waals surface area contributed by atoms with Crippen LogP contribution in [-0.4, -0.2) is 36.0 Å². The summed E-state index contributed by atoms with van der Waals surface area (Å²) in [7, 11) is 3.59. The van der Waals surface area contributed by atoms with Crippen LogP contribution < -0.4 is 15.1 Å². The first-order valence-corrected chi connectivity index (χ1v) is 11.5. The van der Waals surface area contributed by atoms with Gasteiger partial charge in [0.05, 0.1) is 35.9 Å². The molecule has 2 heterocycles. The van der Waals surface area contributed by atoms with Crippen LogP contribution in [0.2, 0.25) is 0 Å². The van der Waals surface area contributed by atoms with Crippen LogP contribution in [0.15, 0.2) is 76.4 Å². The van der Waals surface area contributed by atoms with E-state index >= 15 is 0 Å². The molecule has 34 heavy (non-hydrogen) atoms. The summed E-state index contributed by atoms with van der Waals surface area (Å²) in [5.41, 5.74) is 4.94. The fourth-order valence-electron chi connectivity index (χ4n) is 3.24. The Morgan fingerprint density at radius 1 is 1.15 bits per heavy atom. The zero-order valence-corrected chi connectivity index (χ0v) is 19.8. The van der Waals surface area contributed by atoms with Crippen LogP contribution in [-0.2, 0) is 4.79 Å². The van der Waals surface area contributed by atoms with Crippen LogP contribution >= 0.6 is 11.8 Å². The summed E-state index contributed by atoms with van der Waals surface area (Å²) in [6, 6.07) is 22.0. The summed E-state index contributed by atoms with van der Waals surface area (Å²) in [6.45, 7) is 2.02. The molecular weight excluding hydrogens is 448 g/mol. The minimum absolute atomic E-state index is 0.0515. The number of nitrogens with one attached hydrogen (secondary N) is 1. The molecule has 0 saturated heterocycles. The largest absolute Gasteiger partial charge is 0.305 e. The van der Waals surface area contributed by atoms with Crippen molar-refractivity contribution < 1.29 is 14.1 Å². The van der Waals surface area contributed by atoms with Gasteiger partial charge < -0.3 is 0 Å². The van der Waals surface area contributed by atoms with Gasteiger partial charge in [0.15, 0.2) is 0 Å². The first-order valence-electron chi connectivity index (χ1n) is 10.5. The summed E-state index contributed by atoms with van der Waals surface area (Å²) in [5, 5.41) is 18.7. The van der Waals surface area contributed by atoms with Crippen LogP contribution in [0, 0.1) is 18.3 Å². The predicted molar refractivity (Wildman–Crippen MR) is 131 cm³/mol. The van der Waals surface area contributed by atoms with Crippen LogP contribution in [0.1, 0.15) is 11.1 Å². The molecule has 0 aliphatic carbocycles. The highest BCUT2D eigenvalue weighted by Gasteiger charge is 2.19. The molecule has 2 aromatic heterocycles. The second kappa shape index (κ2) is 10.2. The third-order valence-electron chi connectivity index (χ3n) is 5.00. The van der Waals surface area contributed by atoms with Crippen molar-refractivity contribution in [3.8, 4) is 28.5 Å². The van der Waals surface area contributed by atoms with E-state index in [9.17, 15) is 10.1 Å². The second-order valence-electron chi connectivity index (χ2n) is 7.75. The van der Waals surface area contributed by atoms with Gasteiger partial charge >= 0.3 is 5.88 Å². The molecule has 8 nitrogen and oxygen atoms in total. The molecule has 170 valence electrons. The Morgan fingerprint density at radius 3 is 2.53 bits per heavy atom. The molecule has 9 heteroatoms. The van der Waals surface area contributed by atoms with Gasteiger partial charge in [-0.3, -0.25) is 14.6 Å². The lowest BCUT2D eigenvalue weighted by Crippen LogP contribution is -2.53. The van der Waals surface area contributed by atoms with Crippen LogP contribution in [0.4, 0.5) is 5.88 Å². The summed E-state index contributed by atoms with van der Waals surface area (Å²) < 4.78 is 5.12. The maximum atomic E-state index is 12.6. The minimum atomic E-state index is -0.292. The van der Waals surface area contributed by atoms with Gasteiger partial charge in [-0.15, -0.1) is 0 Å². The van der Waals surface area contributed by atoms with E-state index in [1.807, 2.05) is 67.6 Å². The second-order valence-corrected chi connectivity index (χ2v) is 8.71. The Kier molecular flexibility index (Phi) is 6.90. The Morgan fingerprint density at radius 2 is 1.88 bits per heavy atom. The van der Waals surface area contributed by atoms with E-state index in [1.165, 1.54) is 16.6 Å². The number of amides is 1. The number of rotatable bonds is 7. The van der Waals surface area contributed by atoms with E-state index in [0.717, 1.165) is 27.9 Å². The Balaban J connectivity index is 1.65. The Labute approximate surface area is 201 Å². The lowest BCUT2D eigenvalue weighted by molar-refractivity contribution is -0.753. The van der Waals surface area contributed by atoms with Crippen molar-refractivity contribution in [2.24, 2.45) is 0 Å². The third kappa shape index (κ3) is 5.24. The average molecular weight is 472 g/mol. The summed E-state index contributed by atoms with van der Waals surface area (Å²) in [4.78, 5) is 18.7. The molecule has 0 aliphatic rings. The predicted octanol–water partition coefficient (Wildman–Crippen LogP) is 3.80. The molecule has 0 fully saturated rings. The SMILES string of the molecule is Cc1ccc(-c2cc(-c3ccccc3)nc(SCC(=O)Nc3c[n+](N(C)C)no3)c2C#N)cc1. The van der Waals surface area contributed by atoms with Crippen LogP contribution in [0.5, 0.6) is 0 Å². The molecule has 1 amide bonds. The summed E-state index contributed by atoms with van der Waals surface area (Å²) in [5.74, 6) is -0.0125. The molecule has 0 atom stereocenters. The lowest BCUT2D eigenvalue weighted by Gasteiger charge is -2.12. The topological polar surface area (TPSA) is 98.9 Å². The van der Waals surface area contributed by atoms with Gasteiger partial charge in [0.1, 0.15) is 11.1 Å². The molecule has 1 N–H and O–H groups in total. The first kappa shape index (κ1) is 23.0. The maximum absolute atomic E-state index is 12.6. The van der Waals surface area contributed by atoms with E-state index in [1.54, 1.807) is 25.3 Å². The first-order chi connectivity index (χ1) is 16.4. The molecule has 4 rings (SSSR count). The van der Waals surface area contributed by atoms with E-state index in [-0.39, 0.29) is 17.5 Å². The zero-order chi connectivity index (χ0) is 24.1. The fourth-order valence-corrected chi connectivity index (χ4v) is 4.04. The van der Waals surface area contributed by atoms with E-state index in [4.69, 9.17) is 9.51 Å². The number of aromatic nitrogens is 3. The molecule has 2 aromatic carbocycles. The fraction of sp³-hybridized carbons (Fsp3) is 0.160. The minimum Gasteiger partial charge on any atom is -0.288 e. The van der Waals surface area contributed by atoms with E-state index in [0.29, 0.717) is 10.6 Å². The Bertz CT molecular complexity index is 1340. The smallest absolute Gasteiger partial charge is 0.288 e. The van der Waals surface area contributed by atoms with Crippen LogP contribution in [0.25, 0.3) is 22.4 Å². The molecular formula is C25H23N6O2S+. The van der Waals surface area contributed by atoms with Crippen molar-refractivity contribution in [2.45, 2.75) is 11.9 Å². The van der Waals surface area contributed by atoms with Crippen molar-refractivity contribution in [2.75, 3.05) is 30.2 Å². The van der Waals surface area contributed by atoms with Crippen molar-refractivity contribution in [3.63, 3.8) is 0 Å². The van der Waals surface area contributed by atoms with Gasteiger partial charge in [0, 0.05) is 11.1 Å². The summed E-state index contributed by atoms with van der Waals surface area (Å²) >= 11 is 1.21. The quantitative estimate of drug-likeness (QED) is 0.323. The number of hydrogen-bond acceptors (Lipinski definition) is 7. The van der Waals surface area contributed by atoms with Crippen molar-refractivity contribution in [3.05, 3.63) is 78.0 Å². The highest BCUT2D eigenvalue weighted by Crippen LogP contribution is 2.34. The Hall–Kier alpha value is -4.16. The number of pyridine rings is 1. The van der Waals surface area contributed by atoms with Crippen molar-refractivity contribution in [1.82, 2.24) is 10.3 Å². The number of thioether (sulfide) groups is 1. The van der Waals surface area contributed by atoms with Crippen LogP contribution in [0.3, 0.4) is 0 Å². The van der Waals surface area contributed by atoms with Gasteiger partial charge in [0.2, 0.25) is 11.2 Å². The number of carbonyl (C=O) groups is 1. The maximum Gasteiger partial charge on any atom is 0.305 e. The van der Waals surface area contributed by atoms with Gasteiger partial charge in [0.25, 0.3) is 6.20 Å². The number of nitriles is 1. The lowest BCUT2D eigenvalue weighted by atomic mass is 9.98. The highest BCUT2D eigenvalue weighted by molar-refractivity contribution is 8.00. The number of anilines is 1. The van der Waals surface area contributed by atoms with Gasteiger partial charge in [-0.2, -0.15) is 10.3 Å². The average Bonchev–Trinajstić information content (AvgIpc) is 3.32. The molecule has 0 unspecified atom stereocenters. The van der Waals surface area contributed by atoms with E-state index in [2.05, 4.69) is 16.7 Å².